The van der Waals surface area contributed by atoms with Crippen LogP contribution >= 0.6 is 0 Å². The van der Waals surface area contributed by atoms with Crippen LogP contribution in [-0.4, -0.2) is 263 Å². The molecule has 0 amide bonds. The summed E-state index contributed by atoms with van der Waals surface area (Å²) in [6.07, 6.45) is 29.3. The lowest BCUT2D eigenvalue weighted by Gasteiger charge is -2.48. The summed E-state index contributed by atoms with van der Waals surface area (Å²) in [5.41, 5.74) is 21.8. The van der Waals surface area contributed by atoms with Gasteiger partial charge in [0, 0.05) is 239 Å². The van der Waals surface area contributed by atoms with Crippen LogP contribution in [0.5, 0.6) is 0 Å². The molecule has 7 aliphatic heterocycles. The molecule has 27 rings (SSSR count). The molecule has 26 heterocycles. The van der Waals surface area contributed by atoms with Gasteiger partial charge in [0.15, 0.2) is 28.8 Å². The molecule has 7 fully saturated rings. The highest BCUT2D eigenvalue weighted by Gasteiger charge is 2.40. The van der Waals surface area contributed by atoms with Gasteiger partial charge in [-0.25, -0.2) is 57.7 Å². The molecule has 0 radical (unpaired) electrons. The number of anilines is 4. The molecular formula is C111H116F2N30O7. The van der Waals surface area contributed by atoms with Crippen molar-refractivity contribution in [3.05, 3.63) is 311 Å². The van der Waals surface area contributed by atoms with Crippen LogP contribution in [0.25, 0.3) is 118 Å². The van der Waals surface area contributed by atoms with E-state index < -0.39 is 11.6 Å². The summed E-state index contributed by atoms with van der Waals surface area (Å²) < 4.78 is 49.6. The van der Waals surface area contributed by atoms with Crippen molar-refractivity contribution >= 4 is 84.4 Å². The second-order valence-corrected chi connectivity index (χ2v) is 40.9. The number of rotatable bonds is 12. The lowest BCUT2D eigenvalue weighted by molar-refractivity contribution is 0.126. The first-order valence-electron chi connectivity index (χ1n) is 51.3. The molecule has 766 valence electrons. The monoisotopic (exact) mass is 2020 g/mol. The number of aliphatic hydroxyl groups excluding tert-OH is 1. The van der Waals surface area contributed by atoms with E-state index in [2.05, 4.69) is 129 Å². The summed E-state index contributed by atoms with van der Waals surface area (Å²) in [6, 6.07) is 41.0. The van der Waals surface area contributed by atoms with Crippen LogP contribution in [0, 0.1) is 58.6 Å². The summed E-state index contributed by atoms with van der Waals surface area (Å²) in [6.45, 7) is 32.5. The molecule has 7 aliphatic rings. The predicted molar refractivity (Wildman–Crippen MR) is 574 cm³/mol. The zero-order valence-corrected chi connectivity index (χ0v) is 85.1. The highest BCUT2D eigenvalue weighted by atomic mass is 19.1. The van der Waals surface area contributed by atoms with Crippen LogP contribution in [0.4, 0.5) is 31.5 Å². The first-order valence-corrected chi connectivity index (χ1v) is 51.3. The number of aliphatic hydroxyl groups is 1. The molecule has 3 atom stereocenters. The molecule has 3 N–H and O–H groups in total. The largest absolute Gasteiger partial charge is 0.441 e. The van der Waals surface area contributed by atoms with E-state index in [1.165, 1.54) is 66.5 Å². The van der Waals surface area contributed by atoms with Crippen molar-refractivity contribution in [3.8, 4) is 56.5 Å². The molecule has 19 aromatic heterocycles. The molecular weight excluding hydrogens is 1900 g/mol. The van der Waals surface area contributed by atoms with Crippen LogP contribution in [0.2, 0.25) is 0 Å². The van der Waals surface area contributed by atoms with E-state index in [0.29, 0.717) is 132 Å². The Morgan fingerprint density at radius 3 is 1.45 bits per heavy atom. The first kappa shape index (κ1) is 97.3. The fourth-order valence-electron chi connectivity index (χ4n) is 22.2. The van der Waals surface area contributed by atoms with Crippen LogP contribution in [0.15, 0.2) is 236 Å². The number of piperidine rings is 2. The number of aromatic nitrogens is 21. The van der Waals surface area contributed by atoms with Gasteiger partial charge in [0.1, 0.15) is 50.8 Å². The Morgan fingerprint density at radius 1 is 0.433 bits per heavy atom. The van der Waals surface area contributed by atoms with Crippen molar-refractivity contribution < 1.29 is 18.3 Å². The molecule has 0 unspecified atom stereocenters. The third kappa shape index (κ3) is 19.8. The summed E-state index contributed by atoms with van der Waals surface area (Å²) in [5.74, 6) is -0.107. The number of imidazole rings is 2. The highest BCUT2D eigenvalue weighted by Crippen LogP contribution is 2.39. The number of fused-ring (bicyclic) bond motifs is 11. The summed E-state index contributed by atoms with van der Waals surface area (Å²) in [7, 11) is 2.13. The standard InChI is InChI=1S/C23H22FN5O2.C23H25N7O.C23H26N6O.C22H23FN6O2.C20H20N6O/c1-14-25-23-18(24)9-15(10-20(23)31-14)19-11-22(30)29-13-17(4-5-21(29)26-19)28-8-7-27-6-2-3-16(27)12-28;1-15-11-30-20(16(2)25-15)9-19(27-30)18-10-22(31)29-12-17(3-4-21(29)26-18)28-7-5-23(6-8-28)13-24-14-23;1-13-7-18(8-14(2)24-13)17-5-6-22-26-19(10-23(30)28(22)12-17)20-9-21-16(4)25-15(3)11-29(21)27-20;1-15-12-28-13-16(10-18(23)22(28)24-15)19-11-21(31)29-14-17(2-3-20(29)25-19)27-6-4-26(5-7-27)8-9-30;1-23-8-10-24(11-9-23)16-3-5-19-22-17(12-20(27)26(19)14-16)15-2-4-18-21-6-7-25(18)13-15/h4-5,9-11,13,16H,2-3,6-8,12H2,1H3;3-4,9-12,24H,5-8,13-14H2,1-2H3;5-6,9-14,18,24H,7-8H2,1-4H3;2-3,10-14,30H,4-9H2,1H3;2-7,12-14H,8-11H2,1H3/t16-;;13-,14-;;/m0.0../s1. The number of nitrogens with zero attached hydrogens (tertiary/aromatic N) is 28. The second-order valence-electron chi connectivity index (χ2n) is 40.9. The van der Waals surface area contributed by atoms with Crippen LogP contribution in [0.3, 0.4) is 0 Å². The summed E-state index contributed by atoms with van der Waals surface area (Å²) in [5, 5.41) is 25.3. The second kappa shape index (κ2) is 40.2. The Morgan fingerprint density at radius 2 is 0.907 bits per heavy atom. The van der Waals surface area contributed by atoms with Gasteiger partial charge in [-0.05, 0) is 215 Å². The maximum absolute atomic E-state index is 14.5. The minimum atomic E-state index is -0.493. The van der Waals surface area contributed by atoms with E-state index in [9.17, 15) is 32.8 Å². The van der Waals surface area contributed by atoms with Crippen molar-refractivity contribution in [2.75, 3.05) is 145 Å². The predicted octanol–water partition coefficient (Wildman–Crippen LogP) is 12.0. The molecule has 1 aromatic carbocycles. The Hall–Kier alpha value is -16.1. The quantitative estimate of drug-likeness (QED) is 0.102. The number of aryl methyl sites for hydroxylation is 6. The van der Waals surface area contributed by atoms with Crippen molar-refractivity contribution in [1.82, 2.24) is 125 Å². The minimum Gasteiger partial charge on any atom is -0.441 e. The van der Waals surface area contributed by atoms with Gasteiger partial charge >= 0.3 is 0 Å². The molecule has 0 saturated carbocycles. The van der Waals surface area contributed by atoms with Gasteiger partial charge in [-0.2, -0.15) is 10.2 Å². The molecule has 7 saturated heterocycles. The van der Waals surface area contributed by atoms with E-state index >= 15 is 0 Å². The Balaban J connectivity index is 0.000000103. The van der Waals surface area contributed by atoms with Crippen molar-refractivity contribution in [2.24, 2.45) is 5.41 Å². The number of halogens is 2. The molecule has 0 bridgehead atoms. The number of hydrogen-bond donors (Lipinski definition) is 3. The van der Waals surface area contributed by atoms with Crippen molar-refractivity contribution in [1.29, 1.82) is 0 Å². The SMILES string of the molecule is CN1CCN(c2ccc3nc(-c4ccc5nccn5c4)cc(=O)n3c2)CC1.Cc1cn2cc(-c3cc(=O)n4cc(N5CCN(CCO)CC5)ccc4n3)cc(F)c2n1.Cc1cn2nc(-c3cc(=O)n4cc(C5C[C@H](C)N[C@@H](C)C5)ccc4n3)cc2c(C)n1.Cc1cn2nc(-c3cc(=O)n4cc(N5CCC6(CC5)CNC6)ccc4n3)cc2c(C)n1.Cc1nc2c(F)cc(-c3cc(=O)n4cc(N5CCN6CCC[C@H]6C5)ccc4n3)cc2o1. The number of oxazole rings is 1. The van der Waals surface area contributed by atoms with E-state index in [1.807, 2.05) is 148 Å². The number of pyridine rings is 7. The van der Waals surface area contributed by atoms with Gasteiger partial charge < -0.3 is 53.5 Å². The summed E-state index contributed by atoms with van der Waals surface area (Å²) >= 11 is 0. The van der Waals surface area contributed by atoms with E-state index in [4.69, 9.17) is 24.5 Å². The first-order chi connectivity index (χ1) is 72.6. The number of nitrogens with one attached hydrogen (secondary N) is 2. The van der Waals surface area contributed by atoms with Gasteiger partial charge in [-0.3, -0.25) is 65.7 Å². The fourth-order valence-corrected chi connectivity index (χ4v) is 22.2. The number of likely N-dealkylation sites (N-methyl/N-ethyl adjacent to an activating group) is 1. The number of β-amino-alcohol motifs (C(OH)–C–C–N with tert-alkyl or cyclic N) is 1. The molecule has 37 nitrogen and oxygen atoms in total. The smallest absolute Gasteiger partial charge is 0.258 e. The van der Waals surface area contributed by atoms with Crippen LogP contribution in [0.1, 0.15) is 98.2 Å². The van der Waals surface area contributed by atoms with Crippen LogP contribution < -0.4 is 58.0 Å². The lowest BCUT2D eigenvalue weighted by Crippen LogP contribution is -2.58. The van der Waals surface area contributed by atoms with Crippen molar-refractivity contribution in [2.45, 2.75) is 118 Å². The third-order valence-corrected chi connectivity index (χ3v) is 30.2. The van der Waals surface area contributed by atoms with E-state index in [1.54, 1.807) is 93.9 Å². The van der Waals surface area contributed by atoms with Gasteiger partial charge in [-0.15, -0.1) is 0 Å². The fraction of sp³-hybridized carbons (Fsp3) is 0.342. The van der Waals surface area contributed by atoms with Gasteiger partial charge in [-0.1, -0.05) is 6.07 Å². The van der Waals surface area contributed by atoms with Gasteiger partial charge in [0.2, 0.25) is 0 Å². The van der Waals surface area contributed by atoms with Crippen LogP contribution in [-0.2, 0) is 0 Å². The maximum atomic E-state index is 14.5. The zero-order valence-electron chi connectivity index (χ0n) is 85.1. The Bertz CT molecular complexity index is 8950. The topological polar surface area (TPSA) is 360 Å². The minimum absolute atomic E-state index is 0.0725. The average Bonchev–Trinajstić information content (AvgIpc) is 1.57. The lowest BCUT2D eigenvalue weighted by atomic mass is 9.73. The maximum Gasteiger partial charge on any atom is 0.258 e. The molecule has 150 heavy (non-hydrogen) atoms. The third-order valence-electron chi connectivity index (χ3n) is 30.2. The number of benzene rings is 1. The van der Waals surface area contributed by atoms with Gasteiger partial charge in [0.05, 0.1) is 110 Å². The normalized spacial score (nSPS) is 18.1. The summed E-state index contributed by atoms with van der Waals surface area (Å²) in [4.78, 5) is 126. The van der Waals surface area contributed by atoms with E-state index in [0.717, 1.165) is 179 Å². The molecule has 39 heteroatoms. The average molecular weight is 2020 g/mol. The number of hydrogen-bond acceptors (Lipinski definition) is 28. The van der Waals surface area contributed by atoms with Gasteiger partial charge in [0.25, 0.3) is 27.8 Å². The molecule has 1 spiro atoms. The Labute approximate surface area is 858 Å². The van der Waals surface area contributed by atoms with E-state index in [-0.39, 0.29) is 45.6 Å². The van der Waals surface area contributed by atoms with Crippen molar-refractivity contribution in [3.63, 3.8) is 0 Å². The highest BCUT2D eigenvalue weighted by molar-refractivity contribution is 5.81. The number of piperazine rings is 3. The molecule has 0 aliphatic carbocycles. The molecule has 20 aromatic rings. The zero-order chi connectivity index (χ0) is 103. The Kier molecular flexibility index (Phi) is 26.1.